The van der Waals surface area contributed by atoms with Crippen molar-refractivity contribution in [1.82, 2.24) is 25.4 Å². The van der Waals surface area contributed by atoms with Crippen molar-refractivity contribution in [2.45, 2.75) is 26.4 Å². The maximum atomic E-state index is 5.61. The fraction of sp³-hybridized carbons (Fsp3) is 0.208. The summed E-state index contributed by atoms with van der Waals surface area (Å²) in [6.07, 6.45) is 5.37. The van der Waals surface area contributed by atoms with Gasteiger partial charge in [-0.05, 0) is 49.7 Å². The number of rotatable bonds is 7. The molecule has 7 nitrogen and oxygen atoms in total. The van der Waals surface area contributed by atoms with E-state index in [4.69, 9.17) is 4.42 Å². The molecule has 0 bridgehead atoms. The molecule has 0 saturated carbocycles. The van der Waals surface area contributed by atoms with Crippen molar-refractivity contribution >= 4 is 5.96 Å². The van der Waals surface area contributed by atoms with E-state index in [1.807, 2.05) is 66.3 Å². The first-order valence-corrected chi connectivity index (χ1v) is 10.4. The average molecular weight is 415 g/mol. The number of nitrogens with zero attached hydrogens (tertiary/aromatic N) is 4. The lowest BCUT2D eigenvalue weighted by Gasteiger charge is -2.18. The molecular formula is C24H26N6O. The van der Waals surface area contributed by atoms with Crippen molar-refractivity contribution < 1.29 is 4.42 Å². The minimum atomic E-state index is 0.0606. The standard InChI is InChI=1S/C24H26N6O/c1-3-25-24(26-16-21-17-31-23(29-21)19-9-5-4-6-10-19)28-18(2)20-11-7-12-22(15-20)30-14-8-13-27-30/h4-15,17-18H,3,16H2,1-2H3,(H2,25,26,28). The molecule has 1 atom stereocenters. The van der Waals surface area contributed by atoms with Gasteiger partial charge < -0.3 is 15.1 Å². The van der Waals surface area contributed by atoms with Crippen molar-refractivity contribution in [2.75, 3.05) is 6.54 Å². The SMILES string of the molecule is CCNC(=NCc1coc(-c2ccccc2)n1)NC(C)c1cccc(-n2cccn2)c1. The lowest BCUT2D eigenvalue weighted by molar-refractivity contribution is 0.572. The van der Waals surface area contributed by atoms with Crippen LogP contribution in [-0.4, -0.2) is 27.3 Å². The monoisotopic (exact) mass is 414 g/mol. The highest BCUT2D eigenvalue weighted by molar-refractivity contribution is 5.80. The Labute approximate surface area is 181 Å². The molecule has 0 radical (unpaired) electrons. The zero-order valence-electron chi connectivity index (χ0n) is 17.7. The Hall–Kier alpha value is -3.87. The normalized spacial score (nSPS) is 12.5. The molecule has 31 heavy (non-hydrogen) atoms. The summed E-state index contributed by atoms with van der Waals surface area (Å²) >= 11 is 0. The Morgan fingerprint density at radius 1 is 1.13 bits per heavy atom. The topological polar surface area (TPSA) is 80.3 Å². The van der Waals surface area contributed by atoms with Gasteiger partial charge in [0.15, 0.2) is 5.96 Å². The highest BCUT2D eigenvalue weighted by atomic mass is 16.3. The smallest absolute Gasteiger partial charge is 0.226 e. The van der Waals surface area contributed by atoms with Gasteiger partial charge >= 0.3 is 0 Å². The van der Waals surface area contributed by atoms with E-state index >= 15 is 0 Å². The third-order valence-electron chi connectivity index (χ3n) is 4.81. The zero-order valence-corrected chi connectivity index (χ0v) is 17.7. The van der Waals surface area contributed by atoms with Crippen LogP contribution in [0.1, 0.15) is 31.1 Å². The molecule has 7 heteroatoms. The van der Waals surface area contributed by atoms with Crippen molar-refractivity contribution in [1.29, 1.82) is 0 Å². The molecule has 4 rings (SSSR count). The van der Waals surface area contributed by atoms with Crippen LogP contribution in [-0.2, 0) is 6.54 Å². The van der Waals surface area contributed by atoms with E-state index in [0.29, 0.717) is 12.4 Å². The summed E-state index contributed by atoms with van der Waals surface area (Å²) in [5, 5.41) is 11.1. The molecule has 0 spiro atoms. The molecule has 1 unspecified atom stereocenters. The number of aromatic nitrogens is 3. The van der Waals surface area contributed by atoms with Crippen LogP contribution in [0.15, 0.2) is 88.7 Å². The Balaban J connectivity index is 1.45. The highest BCUT2D eigenvalue weighted by Crippen LogP contribution is 2.19. The fourth-order valence-electron chi connectivity index (χ4n) is 3.22. The lowest BCUT2D eigenvalue weighted by Crippen LogP contribution is -2.38. The van der Waals surface area contributed by atoms with Crippen molar-refractivity contribution in [3.63, 3.8) is 0 Å². The van der Waals surface area contributed by atoms with Crippen LogP contribution in [0.25, 0.3) is 17.1 Å². The summed E-state index contributed by atoms with van der Waals surface area (Å²) in [7, 11) is 0. The summed E-state index contributed by atoms with van der Waals surface area (Å²) in [5.41, 5.74) is 3.90. The highest BCUT2D eigenvalue weighted by Gasteiger charge is 2.10. The van der Waals surface area contributed by atoms with Gasteiger partial charge in [-0.3, -0.25) is 0 Å². The second-order valence-electron chi connectivity index (χ2n) is 7.12. The summed E-state index contributed by atoms with van der Waals surface area (Å²) in [6, 6.07) is 20.1. The van der Waals surface area contributed by atoms with Crippen molar-refractivity contribution in [3.05, 3.63) is 90.6 Å². The van der Waals surface area contributed by atoms with Crippen LogP contribution in [0.5, 0.6) is 0 Å². The second kappa shape index (κ2) is 9.75. The van der Waals surface area contributed by atoms with Gasteiger partial charge in [0.25, 0.3) is 0 Å². The van der Waals surface area contributed by atoms with E-state index in [-0.39, 0.29) is 6.04 Å². The first-order chi connectivity index (χ1) is 15.2. The molecule has 158 valence electrons. The zero-order chi connectivity index (χ0) is 21.5. The van der Waals surface area contributed by atoms with E-state index in [9.17, 15) is 0 Å². The first-order valence-electron chi connectivity index (χ1n) is 10.4. The van der Waals surface area contributed by atoms with E-state index in [1.165, 1.54) is 0 Å². The van der Waals surface area contributed by atoms with Crippen molar-refractivity contribution in [3.8, 4) is 17.1 Å². The largest absolute Gasteiger partial charge is 0.444 e. The van der Waals surface area contributed by atoms with Gasteiger partial charge in [-0.15, -0.1) is 0 Å². The van der Waals surface area contributed by atoms with Gasteiger partial charge in [-0.25, -0.2) is 14.7 Å². The molecule has 2 N–H and O–H groups in total. The van der Waals surface area contributed by atoms with Gasteiger partial charge in [-0.1, -0.05) is 30.3 Å². The number of nitrogens with one attached hydrogen (secondary N) is 2. The van der Waals surface area contributed by atoms with Gasteiger partial charge in [0.1, 0.15) is 12.0 Å². The molecule has 0 aliphatic rings. The number of aliphatic imine (C=N–C) groups is 1. The molecule has 0 aliphatic heterocycles. The lowest BCUT2D eigenvalue weighted by atomic mass is 10.1. The maximum absolute atomic E-state index is 5.61. The van der Waals surface area contributed by atoms with E-state index in [0.717, 1.165) is 35.0 Å². The molecule has 0 amide bonds. The van der Waals surface area contributed by atoms with E-state index < -0.39 is 0 Å². The average Bonchev–Trinajstić information content (AvgIpc) is 3.51. The minimum Gasteiger partial charge on any atom is -0.444 e. The molecular weight excluding hydrogens is 388 g/mol. The maximum Gasteiger partial charge on any atom is 0.226 e. The minimum absolute atomic E-state index is 0.0606. The predicted molar refractivity (Wildman–Crippen MR) is 122 cm³/mol. The van der Waals surface area contributed by atoms with Crippen LogP contribution in [0.3, 0.4) is 0 Å². The Kier molecular flexibility index (Phi) is 6.42. The van der Waals surface area contributed by atoms with Crippen LogP contribution in [0.2, 0.25) is 0 Å². The van der Waals surface area contributed by atoms with E-state index in [2.05, 4.69) is 44.8 Å². The number of guanidine groups is 1. The molecule has 0 saturated heterocycles. The third-order valence-corrected chi connectivity index (χ3v) is 4.81. The van der Waals surface area contributed by atoms with Crippen molar-refractivity contribution in [2.24, 2.45) is 4.99 Å². The number of hydrogen-bond acceptors (Lipinski definition) is 4. The fourth-order valence-corrected chi connectivity index (χ4v) is 3.22. The Morgan fingerprint density at radius 3 is 2.77 bits per heavy atom. The van der Waals surface area contributed by atoms with Crippen LogP contribution < -0.4 is 10.6 Å². The number of hydrogen-bond donors (Lipinski definition) is 2. The van der Waals surface area contributed by atoms with Crippen LogP contribution in [0.4, 0.5) is 0 Å². The number of benzene rings is 2. The summed E-state index contributed by atoms with van der Waals surface area (Å²) in [5.74, 6) is 1.33. The quantitative estimate of drug-likeness (QED) is 0.347. The molecule has 0 aliphatic carbocycles. The van der Waals surface area contributed by atoms with E-state index in [1.54, 1.807) is 12.5 Å². The summed E-state index contributed by atoms with van der Waals surface area (Å²) in [4.78, 5) is 9.23. The second-order valence-corrected chi connectivity index (χ2v) is 7.12. The predicted octanol–water partition coefficient (Wildman–Crippen LogP) is 4.34. The van der Waals surface area contributed by atoms with Gasteiger partial charge in [0, 0.05) is 24.5 Å². The Morgan fingerprint density at radius 2 is 2.00 bits per heavy atom. The molecule has 2 aromatic carbocycles. The van der Waals surface area contributed by atoms with Crippen LogP contribution >= 0.6 is 0 Å². The van der Waals surface area contributed by atoms with Gasteiger partial charge in [0.05, 0.1) is 18.3 Å². The summed E-state index contributed by atoms with van der Waals surface area (Å²) in [6.45, 7) is 5.34. The van der Waals surface area contributed by atoms with Crippen LogP contribution in [0, 0.1) is 0 Å². The Bertz CT molecular complexity index is 1120. The number of oxazole rings is 1. The molecule has 2 heterocycles. The molecule has 2 aromatic heterocycles. The third kappa shape index (κ3) is 5.19. The summed E-state index contributed by atoms with van der Waals surface area (Å²) < 4.78 is 7.46. The van der Waals surface area contributed by atoms with Gasteiger partial charge in [0.2, 0.25) is 5.89 Å². The molecule has 4 aromatic rings. The van der Waals surface area contributed by atoms with Gasteiger partial charge in [-0.2, -0.15) is 5.10 Å². The first kappa shape index (κ1) is 20.4. The molecule has 0 fully saturated rings.